The number of rotatable bonds is 5. The van der Waals surface area contributed by atoms with E-state index < -0.39 is 0 Å². The number of para-hydroxylation sites is 1. The number of nitrogen functional groups attached to an aromatic ring is 1. The summed E-state index contributed by atoms with van der Waals surface area (Å²) < 4.78 is 19.1. The molecular formula is C17H20FNO. The number of halogens is 1. The van der Waals surface area contributed by atoms with Crippen molar-refractivity contribution in [2.45, 2.75) is 32.8 Å². The van der Waals surface area contributed by atoms with Crippen LogP contribution in [0.15, 0.2) is 42.5 Å². The first-order valence-electron chi connectivity index (χ1n) is 6.86. The standard InChI is InChI=1S/C17H20FNO/c1-3-12(2)16-6-4-5-7-17(16)20-11-13-8-14(18)10-15(19)9-13/h4-10,12H,3,11,19H2,1-2H3. The minimum atomic E-state index is -0.334. The van der Waals surface area contributed by atoms with Crippen LogP contribution in [0.3, 0.4) is 0 Å². The molecule has 0 amide bonds. The van der Waals surface area contributed by atoms with Gasteiger partial charge in [-0.05, 0) is 47.7 Å². The Hall–Kier alpha value is -2.03. The Balaban J connectivity index is 2.14. The number of hydrogen-bond donors (Lipinski definition) is 1. The Kier molecular flexibility index (Phi) is 4.61. The second-order valence-corrected chi connectivity index (χ2v) is 5.03. The molecule has 2 rings (SSSR count). The van der Waals surface area contributed by atoms with Crippen molar-refractivity contribution in [3.05, 3.63) is 59.4 Å². The summed E-state index contributed by atoms with van der Waals surface area (Å²) in [6.45, 7) is 4.63. The van der Waals surface area contributed by atoms with Crippen molar-refractivity contribution in [1.29, 1.82) is 0 Å². The molecule has 1 unspecified atom stereocenters. The molecule has 0 saturated carbocycles. The van der Waals surface area contributed by atoms with Crippen LogP contribution < -0.4 is 10.5 Å². The summed E-state index contributed by atoms with van der Waals surface area (Å²) in [5.74, 6) is 0.951. The zero-order chi connectivity index (χ0) is 14.5. The molecule has 0 radical (unpaired) electrons. The Morgan fingerprint density at radius 3 is 2.65 bits per heavy atom. The van der Waals surface area contributed by atoms with E-state index in [0.29, 0.717) is 18.2 Å². The van der Waals surface area contributed by atoms with Crippen molar-refractivity contribution < 1.29 is 9.13 Å². The van der Waals surface area contributed by atoms with Crippen LogP contribution >= 0.6 is 0 Å². The highest BCUT2D eigenvalue weighted by Gasteiger charge is 2.09. The second kappa shape index (κ2) is 6.42. The van der Waals surface area contributed by atoms with Gasteiger partial charge in [-0.3, -0.25) is 0 Å². The molecule has 0 fully saturated rings. The predicted octanol–water partition coefficient (Wildman–Crippen LogP) is 4.50. The summed E-state index contributed by atoms with van der Waals surface area (Å²) >= 11 is 0. The Morgan fingerprint density at radius 1 is 1.20 bits per heavy atom. The van der Waals surface area contributed by atoms with Gasteiger partial charge in [-0.2, -0.15) is 0 Å². The third-order valence-corrected chi connectivity index (χ3v) is 3.44. The number of hydrogen-bond acceptors (Lipinski definition) is 2. The SMILES string of the molecule is CCC(C)c1ccccc1OCc1cc(N)cc(F)c1. The average Bonchev–Trinajstić information content (AvgIpc) is 2.43. The minimum Gasteiger partial charge on any atom is -0.489 e. The van der Waals surface area contributed by atoms with E-state index >= 15 is 0 Å². The van der Waals surface area contributed by atoms with Gasteiger partial charge in [-0.1, -0.05) is 32.0 Å². The third-order valence-electron chi connectivity index (χ3n) is 3.44. The highest BCUT2D eigenvalue weighted by molar-refractivity contribution is 5.42. The summed E-state index contributed by atoms with van der Waals surface area (Å²) in [6.07, 6.45) is 1.05. The molecule has 0 bridgehead atoms. The molecule has 3 heteroatoms. The lowest BCUT2D eigenvalue weighted by molar-refractivity contribution is 0.300. The van der Waals surface area contributed by atoms with E-state index in [4.69, 9.17) is 10.5 Å². The predicted molar refractivity (Wildman–Crippen MR) is 80.3 cm³/mol. The first-order valence-corrected chi connectivity index (χ1v) is 6.86. The molecule has 0 spiro atoms. The molecule has 0 saturated heterocycles. The van der Waals surface area contributed by atoms with Crippen LogP contribution in [0.1, 0.15) is 37.3 Å². The van der Waals surface area contributed by atoms with Gasteiger partial charge in [0, 0.05) is 5.69 Å². The monoisotopic (exact) mass is 273 g/mol. The number of anilines is 1. The van der Waals surface area contributed by atoms with E-state index in [9.17, 15) is 4.39 Å². The lowest BCUT2D eigenvalue weighted by atomic mass is 9.98. The fourth-order valence-electron chi connectivity index (χ4n) is 2.16. The first-order chi connectivity index (χ1) is 9.60. The van der Waals surface area contributed by atoms with Crippen LogP contribution in [0.5, 0.6) is 5.75 Å². The Bertz CT molecular complexity index is 563. The molecule has 0 heterocycles. The number of ether oxygens (including phenoxy) is 1. The fraction of sp³-hybridized carbons (Fsp3) is 0.294. The molecule has 2 aromatic rings. The summed E-state index contributed by atoms with van der Waals surface area (Å²) in [5.41, 5.74) is 7.97. The van der Waals surface area contributed by atoms with Crippen LogP contribution in [0.25, 0.3) is 0 Å². The molecule has 0 aliphatic rings. The van der Waals surface area contributed by atoms with Crippen molar-refractivity contribution in [3.63, 3.8) is 0 Å². The van der Waals surface area contributed by atoms with E-state index in [2.05, 4.69) is 19.9 Å². The van der Waals surface area contributed by atoms with Crippen LogP contribution in [0, 0.1) is 5.82 Å². The van der Waals surface area contributed by atoms with E-state index in [1.165, 1.54) is 17.7 Å². The van der Waals surface area contributed by atoms with E-state index in [1.54, 1.807) is 6.07 Å². The highest BCUT2D eigenvalue weighted by Crippen LogP contribution is 2.29. The van der Waals surface area contributed by atoms with Crippen molar-refractivity contribution in [2.75, 3.05) is 5.73 Å². The summed E-state index contributed by atoms with van der Waals surface area (Å²) in [7, 11) is 0. The molecule has 2 N–H and O–H groups in total. The smallest absolute Gasteiger partial charge is 0.125 e. The zero-order valence-corrected chi connectivity index (χ0v) is 11.9. The molecular weight excluding hydrogens is 253 g/mol. The van der Waals surface area contributed by atoms with Crippen LogP contribution in [0.2, 0.25) is 0 Å². The van der Waals surface area contributed by atoms with Crippen LogP contribution in [0.4, 0.5) is 10.1 Å². The van der Waals surface area contributed by atoms with Crippen LogP contribution in [-0.4, -0.2) is 0 Å². The largest absolute Gasteiger partial charge is 0.489 e. The van der Waals surface area contributed by atoms with Gasteiger partial charge in [0.05, 0.1) is 0 Å². The van der Waals surface area contributed by atoms with Crippen molar-refractivity contribution in [2.24, 2.45) is 0 Å². The fourth-order valence-corrected chi connectivity index (χ4v) is 2.16. The number of nitrogens with two attached hydrogens (primary N) is 1. The molecule has 1 atom stereocenters. The third kappa shape index (κ3) is 3.50. The Labute approximate surface area is 119 Å². The summed E-state index contributed by atoms with van der Waals surface area (Å²) in [6, 6.07) is 12.5. The van der Waals surface area contributed by atoms with Gasteiger partial charge in [0.1, 0.15) is 18.2 Å². The molecule has 2 nitrogen and oxygen atoms in total. The maximum atomic E-state index is 13.3. The maximum absolute atomic E-state index is 13.3. The maximum Gasteiger partial charge on any atom is 0.125 e. The van der Waals surface area contributed by atoms with Gasteiger partial charge in [0.25, 0.3) is 0 Å². The van der Waals surface area contributed by atoms with Crippen molar-refractivity contribution in [3.8, 4) is 5.75 Å². The van der Waals surface area contributed by atoms with Crippen molar-refractivity contribution in [1.82, 2.24) is 0 Å². The minimum absolute atomic E-state index is 0.315. The molecule has 2 aromatic carbocycles. The van der Waals surface area contributed by atoms with Gasteiger partial charge < -0.3 is 10.5 Å². The lowest BCUT2D eigenvalue weighted by Gasteiger charge is -2.15. The molecule has 0 aliphatic heterocycles. The summed E-state index contributed by atoms with van der Waals surface area (Å²) in [4.78, 5) is 0. The van der Waals surface area contributed by atoms with Gasteiger partial charge in [-0.15, -0.1) is 0 Å². The van der Waals surface area contributed by atoms with Gasteiger partial charge in [-0.25, -0.2) is 4.39 Å². The van der Waals surface area contributed by atoms with Gasteiger partial charge in [0.2, 0.25) is 0 Å². The van der Waals surface area contributed by atoms with E-state index in [1.807, 2.05) is 18.2 Å². The van der Waals surface area contributed by atoms with Crippen LogP contribution in [-0.2, 0) is 6.61 Å². The second-order valence-electron chi connectivity index (χ2n) is 5.03. The first kappa shape index (κ1) is 14.4. The highest BCUT2D eigenvalue weighted by atomic mass is 19.1. The topological polar surface area (TPSA) is 35.2 Å². The molecule has 106 valence electrons. The summed E-state index contributed by atoms with van der Waals surface area (Å²) in [5, 5.41) is 0. The lowest BCUT2D eigenvalue weighted by Crippen LogP contribution is -2.02. The van der Waals surface area contributed by atoms with E-state index in [0.717, 1.165) is 17.7 Å². The normalized spacial score (nSPS) is 12.2. The number of benzene rings is 2. The van der Waals surface area contributed by atoms with Gasteiger partial charge in [0.15, 0.2) is 0 Å². The zero-order valence-electron chi connectivity index (χ0n) is 11.9. The van der Waals surface area contributed by atoms with Gasteiger partial charge >= 0.3 is 0 Å². The molecule has 0 aliphatic carbocycles. The Morgan fingerprint density at radius 2 is 1.95 bits per heavy atom. The average molecular weight is 273 g/mol. The quantitative estimate of drug-likeness (QED) is 0.814. The molecule has 20 heavy (non-hydrogen) atoms. The van der Waals surface area contributed by atoms with Crippen molar-refractivity contribution >= 4 is 5.69 Å². The van der Waals surface area contributed by atoms with E-state index in [-0.39, 0.29) is 5.82 Å². The molecule has 0 aromatic heterocycles.